The molecule has 1 aliphatic rings. The van der Waals surface area contributed by atoms with E-state index in [1.54, 1.807) is 0 Å². The molecule has 6 heteroatoms. The molecule has 0 bridgehead atoms. The first-order valence-electron chi connectivity index (χ1n) is 4.37. The molecule has 0 aromatic heterocycles. The number of carbonyl (C=O) groups excluding carboxylic acids is 1. The maximum absolute atomic E-state index is 11.3. The molecule has 1 amide bonds. The van der Waals surface area contributed by atoms with Crippen molar-refractivity contribution in [1.29, 1.82) is 5.41 Å². The predicted molar refractivity (Wildman–Crippen MR) is 61.2 cm³/mol. The highest BCUT2D eigenvalue weighted by molar-refractivity contribution is 8.18. The number of hydrogen-bond donors (Lipinski definition) is 4. The van der Waals surface area contributed by atoms with E-state index in [4.69, 9.17) is 5.41 Å². The minimum atomic E-state index is -0.377. The van der Waals surface area contributed by atoms with E-state index in [0.29, 0.717) is 10.5 Å². The number of phenols is 2. The van der Waals surface area contributed by atoms with Gasteiger partial charge in [-0.15, -0.1) is 0 Å². The van der Waals surface area contributed by atoms with E-state index in [0.717, 1.165) is 11.8 Å². The fourth-order valence-electron chi connectivity index (χ4n) is 1.24. The molecular formula is C10H8N2O3S. The molecular weight excluding hydrogens is 228 g/mol. The summed E-state index contributed by atoms with van der Waals surface area (Å²) >= 11 is 0.974. The number of phenolic OH excluding ortho intramolecular Hbond substituents is 2. The summed E-state index contributed by atoms with van der Waals surface area (Å²) in [7, 11) is 0. The minimum Gasteiger partial charge on any atom is -0.508 e. The van der Waals surface area contributed by atoms with E-state index < -0.39 is 0 Å². The molecule has 1 aromatic carbocycles. The van der Waals surface area contributed by atoms with Crippen molar-refractivity contribution in [3.05, 3.63) is 28.7 Å². The average molecular weight is 236 g/mol. The van der Waals surface area contributed by atoms with Crippen molar-refractivity contribution in [3.8, 4) is 11.5 Å². The van der Waals surface area contributed by atoms with Crippen LogP contribution in [0.1, 0.15) is 5.56 Å². The van der Waals surface area contributed by atoms with E-state index in [1.807, 2.05) is 0 Å². The first kappa shape index (κ1) is 10.6. The molecule has 0 spiro atoms. The number of amides is 1. The lowest BCUT2D eigenvalue weighted by molar-refractivity contribution is -0.115. The molecule has 0 radical (unpaired) electrons. The molecule has 4 N–H and O–H groups in total. The Kier molecular flexibility index (Phi) is 2.57. The summed E-state index contributed by atoms with van der Waals surface area (Å²) < 4.78 is 0. The van der Waals surface area contributed by atoms with Crippen LogP contribution in [0.25, 0.3) is 6.08 Å². The number of rotatable bonds is 1. The van der Waals surface area contributed by atoms with Gasteiger partial charge in [0.25, 0.3) is 5.91 Å². The summed E-state index contributed by atoms with van der Waals surface area (Å²) in [6.07, 6.45) is 1.43. The molecule has 16 heavy (non-hydrogen) atoms. The lowest BCUT2D eigenvalue weighted by atomic mass is 10.1. The summed E-state index contributed by atoms with van der Waals surface area (Å²) in [6, 6.07) is 4.03. The van der Waals surface area contributed by atoms with Crippen LogP contribution in [0.4, 0.5) is 0 Å². The van der Waals surface area contributed by atoms with Crippen molar-refractivity contribution < 1.29 is 15.0 Å². The Balaban J connectivity index is 2.39. The van der Waals surface area contributed by atoms with Gasteiger partial charge >= 0.3 is 0 Å². The van der Waals surface area contributed by atoms with Gasteiger partial charge in [0.05, 0.1) is 4.91 Å². The van der Waals surface area contributed by atoms with Crippen LogP contribution in [0.2, 0.25) is 0 Å². The first-order valence-corrected chi connectivity index (χ1v) is 5.19. The van der Waals surface area contributed by atoms with Crippen molar-refractivity contribution in [1.82, 2.24) is 5.32 Å². The van der Waals surface area contributed by atoms with Gasteiger partial charge in [-0.1, -0.05) is 0 Å². The highest BCUT2D eigenvalue weighted by atomic mass is 32.2. The van der Waals surface area contributed by atoms with Crippen LogP contribution in [0, 0.1) is 5.41 Å². The van der Waals surface area contributed by atoms with E-state index in [-0.39, 0.29) is 22.6 Å². The SMILES string of the molecule is N=C1NC(=O)C(=Cc2cc(O)ccc2O)S1. The molecule has 1 heterocycles. The Morgan fingerprint density at radius 3 is 2.75 bits per heavy atom. The standard InChI is InChI=1S/C10H8N2O3S/c11-10-12-9(15)8(16-10)4-5-3-6(13)1-2-7(5)14/h1-4,13-14H,(H2,11,12,15). The maximum atomic E-state index is 11.3. The smallest absolute Gasteiger partial charge is 0.264 e. The van der Waals surface area contributed by atoms with Crippen LogP contribution >= 0.6 is 11.8 Å². The Hall–Kier alpha value is -1.95. The van der Waals surface area contributed by atoms with E-state index in [1.165, 1.54) is 24.3 Å². The second kappa shape index (κ2) is 3.90. The monoisotopic (exact) mass is 236 g/mol. The zero-order valence-corrected chi connectivity index (χ0v) is 8.84. The Bertz CT molecular complexity index is 511. The lowest BCUT2D eigenvalue weighted by Crippen LogP contribution is -2.18. The topological polar surface area (TPSA) is 93.4 Å². The summed E-state index contributed by atoms with van der Waals surface area (Å²) in [4.78, 5) is 11.6. The zero-order valence-electron chi connectivity index (χ0n) is 8.02. The van der Waals surface area contributed by atoms with Gasteiger partial charge in [-0.05, 0) is 36.0 Å². The van der Waals surface area contributed by atoms with Crippen LogP contribution < -0.4 is 5.32 Å². The lowest BCUT2D eigenvalue weighted by Gasteiger charge is -2.00. The van der Waals surface area contributed by atoms with Gasteiger partial charge in [0.15, 0.2) is 5.17 Å². The average Bonchev–Trinajstić information content (AvgIpc) is 2.51. The second-order valence-electron chi connectivity index (χ2n) is 3.14. The van der Waals surface area contributed by atoms with Crippen LogP contribution in [0.15, 0.2) is 23.1 Å². The van der Waals surface area contributed by atoms with Crippen molar-refractivity contribution in [2.24, 2.45) is 0 Å². The molecule has 0 saturated carbocycles. The van der Waals surface area contributed by atoms with E-state index in [9.17, 15) is 15.0 Å². The maximum Gasteiger partial charge on any atom is 0.264 e. The Morgan fingerprint density at radius 1 is 1.38 bits per heavy atom. The van der Waals surface area contributed by atoms with Gasteiger partial charge in [-0.25, -0.2) is 0 Å². The Labute approximate surface area is 95.3 Å². The number of aromatic hydroxyl groups is 2. The first-order chi connectivity index (χ1) is 7.56. The number of amidine groups is 1. The summed E-state index contributed by atoms with van der Waals surface area (Å²) in [5.74, 6) is -0.405. The third kappa shape index (κ3) is 2.01. The van der Waals surface area contributed by atoms with Gasteiger partial charge in [-0.2, -0.15) is 0 Å². The molecule has 1 aliphatic heterocycles. The fraction of sp³-hybridized carbons (Fsp3) is 0. The van der Waals surface area contributed by atoms with Crippen LogP contribution in [-0.4, -0.2) is 21.3 Å². The highest BCUT2D eigenvalue weighted by Gasteiger charge is 2.22. The van der Waals surface area contributed by atoms with Crippen molar-refractivity contribution >= 4 is 28.9 Å². The fourth-order valence-corrected chi connectivity index (χ4v) is 1.93. The molecule has 0 aliphatic carbocycles. The number of thioether (sulfide) groups is 1. The van der Waals surface area contributed by atoms with Crippen molar-refractivity contribution in [3.63, 3.8) is 0 Å². The molecule has 0 unspecified atom stereocenters. The van der Waals surface area contributed by atoms with E-state index in [2.05, 4.69) is 5.32 Å². The van der Waals surface area contributed by atoms with Gasteiger partial charge in [0, 0.05) is 5.56 Å². The second-order valence-corrected chi connectivity index (χ2v) is 4.19. The Morgan fingerprint density at radius 2 is 2.12 bits per heavy atom. The normalized spacial score (nSPS) is 17.9. The van der Waals surface area contributed by atoms with Gasteiger partial charge in [0.1, 0.15) is 11.5 Å². The van der Waals surface area contributed by atoms with E-state index >= 15 is 0 Å². The van der Waals surface area contributed by atoms with Crippen LogP contribution in [0.3, 0.4) is 0 Å². The summed E-state index contributed by atoms with van der Waals surface area (Å²) in [6.45, 7) is 0. The molecule has 1 fully saturated rings. The number of nitrogens with one attached hydrogen (secondary N) is 2. The number of carbonyl (C=O) groups is 1. The molecule has 1 aromatic rings. The van der Waals surface area contributed by atoms with Crippen molar-refractivity contribution in [2.45, 2.75) is 0 Å². The quantitative estimate of drug-likeness (QED) is 0.436. The van der Waals surface area contributed by atoms with Gasteiger partial charge in [0.2, 0.25) is 0 Å². The van der Waals surface area contributed by atoms with Gasteiger partial charge in [-0.3, -0.25) is 10.2 Å². The highest BCUT2D eigenvalue weighted by Crippen LogP contribution is 2.29. The largest absolute Gasteiger partial charge is 0.508 e. The summed E-state index contributed by atoms with van der Waals surface area (Å²) in [5.41, 5.74) is 0.340. The molecule has 5 nitrogen and oxygen atoms in total. The minimum absolute atomic E-state index is 0.00290. The molecule has 82 valence electrons. The molecule has 0 atom stereocenters. The molecule has 1 saturated heterocycles. The zero-order chi connectivity index (χ0) is 11.7. The van der Waals surface area contributed by atoms with Crippen LogP contribution in [-0.2, 0) is 4.79 Å². The number of hydrogen-bond acceptors (Lipinski definition) is 5. The third-order valence-electron chi connectivity index (χ3n) is 1.96. The predicted octanol–water partition coefficient (Wildman–Crippen LogP) is 1.24. The summed E-state index contributed by atoms with van der Waals surface area (Å²) in [5, 5.41) is 28.4. The van der Waals surface area contributed by atoms with Gasteiger partial charge < -0.3 is 15.5 Å². The molecule has 2 rings (SSSR count). The van der Waals surface area contributed by atoms with Crippen molar-refractivity contribution in [2.75, 3.05) is 0 Å². The van der Waals surface area contributed by atoms with Crippen LogP contribution in [0.5, 0.6) is 11.5 Å². The third-order valence-corrected chi connectivity index (χ3v) is 2.79. The number of benzene rings is 1.